The fraction of sp³-hybridized carbons (Fsp3) is 0.357. The number of thiazole rings is 1. The lowest BCUT2D eigenvalue weighted by atomic mass is 10.1. The van der Waals surface area contributed by atoms with Gasteiger partial charge in [-0.2, -0.15) is 0 Å². The third kappa shape index (κ3) is 4.64. The summed E-state index contributed by atoms with van der Waals surface area (Å²) < 4.78 is 0. The van der Waals surface area contributed by atoms with Gasteiger partial charge in [0.15, 0.2) is 0 Å². The largest absolute Gasteiger partial charge is 0.481 e. The molecule has 0 fully saturated rings. The molecule has 1 atom stereocenters. The van der Waals surface area contributed by atoms with E-state index in [0.717, 1.165) is 15.6 Å². The van der Waals surface area contributed by atoms with Crippen molar-refractivity contribution in [2.24, 2.45) is 5.92 Å². The lowest BCUT2D eigenvalue weighted by Crippen LogP contribution is -2.28. The highest BCUT2D eigenvalue weighted by Crippen LogP contribution is 2.27. The molecule has 1 unspecified atom stereocenters. The second kappa shape index (κ2) is 7.33. The van der Waals surface area contributed by atoms with Crippen LogP contribution in [0.4, 0.5) is 0 Å². The van der Waals surface area contributed by atoms with E-state index in [1.807, 2.05) is 22.9 Å². The first-order valence-electron chi connectivity index (χ1n) is 6.54. The summed E-state index contributed by atoms with van der Waals surface area (Å²) in [4.78, 5) is 28.0. The molecule has 0 bridgehead atoms. The number of carbonyl (C=O) groups excluding carboxylic acids is 1. The quantitative estimate of drug-likeness (QED) is 0.820. The summed E-state index contributed by atoms with van der Waals surface area (Å²) in [5, 5.41) is 16.3. The van der Waals surface area contributed by atoms with Gasteiger partial charge in [0.2, 0.25) is 5.91 Å². The Kier molecular flexibility index (Phi) is 5.46. The van der Waals surface area contributed by atoms with E-state index < -0.39 is 11.9 Å². The molecule has 21 heavy (non-hydrogen) atoms. The van der Waals surface area contributed by atoms with Gasteiger partial charge < -0.3 is 10.4 Å². The molecule has 0 aliphatic heterocycles. The molecule has 5 nitrogen and oxygen atoms in total. The molecule has 2 aromatic rings. The van der Waals surface area contributed by atoms with Crippen molar-refractivity contribution in [2.75, 3.05) is 6.54 Å². The minimum Gasteiger partial charge on any atom is -0.481 e. The molecule has 112 valence electrons. The van der Waals surface area contributed by atoms with E-state index in [0.29, 0.717) is 13.0 Å². The number of aliphatic carboxylic acids is 1. The Morgan fingerprint density at radius 1 is 1.43 bits per heavy atom. The van der Waals surface area contributed by atoms with Gasteiger partial charge in [-0.3, -0.25) is 9.59 Å². The van der Waals surface area contributed by atoms with Gasteiger partial charge in [0, 0.05) is 11.9 Å². The predicted molar refractivity (Wildman–Crippen MR) is 83.6 cm³/mol. The normalized spacial score (nSPS) is 12.0. The summed E-state index contributed by atoms with van der Waals surface area (Å²) in [6.07, 6.45) is 0.655. The highest BCUT2D eigenvalue weighted by atomic mass is 32.1. The average Bonchev–Trinajstić information content (AvgIpc) is 3.08. The van der Waals surface area contributed by atoms with Gasteiger partial charge in [-0.1, -0.05) is 13.0 Å². The fourth-order valence-electron chi connectivity index (χ4n) is 1.68. The van der Waals surface area contributed by atoms with Gasteiger partial charge >= 0.3 is 5.97 Å². The van der Waals surface area contributed by atoms with Crippen LogP contribution in [0, 0.1) is 5.92 Å². The predicted octanol–water partition coefficient (Wildman–Crippen LogP) is 2.64. The van der Waals surface area contributed by atoms with Crippen LogP contribution >= 0.6 is 22.7 Å². The Morgan fingerprint density at radius 2 is 2.24 bits per heavy atom. The van der Waals surface area contributed by atoms with Crippen LogP contribution in [0.2, 0.25) is 0 Å². The van der Waals surface area contributed by atoms with Crippen LogP contribution in [-0.4, -0.2) is 28.5 Å². The average molecular weight is 324 g/mol. The van der Waals surface area contributed by atoms with Crippen molar-refractivity contribution in [3.63, 3.8) is 0 Å². The summed E-state index contributed by atoms with van der Waals surface area (Å²) in [6, 6.07) is 3.97. The number of amides is 1. The summed E-state index contributed by atoms with van der Waals surface area (Å²) in [6.45, 7) is 2.00. The van der Waals surface area contributed by atoms with Crippen molar-refractivity contribution in [1.82, 2.24) is 10.3 Å². The fourth-order valence-corrected chi connectivity index (χ4v) is 3.31. The first-order valence-corrected chi connectivity index (χ1v) is 8.30. The molecule has 0 saturated carbocycles. The van der Waals surface area contributed by atoms with Gasteiger partial charge in [-0.25, -0.2) is 4.98 Å². The Morgan fingerprint density at radius 3 is 2.90 bits per heavy atom. The molecule has 0 aromatic carbocycles. The summed E-state index contributed by atoms with van der Waals surface area (Å²) in [7, 11) is 0. The number of hydrogen-bond acceptors (Lipinski definition) is 5. The molecule has 0 saturated heterocycles. The van der Waals surface area contributed by atoms with Crippen molar-refractivity contribution in [3.05, 3.63) is 28.6 Å². The molecule has 7 heteroatoms. The zero-order valence-electron chi connectivity index (χ0n) is 11.5. The smallest absolute Gasteiger partial charge is 0.306 e. The molecule has 1 amide bonds. The van der Waals surface area contributed by atoms with E-state index in [2.05, 4.69) is 10.3 Å². The molecule has 2 heterocycles. The monoisotopic (exact) mass is 324 g/mol. The number of aromatic nitrogens is 1. The molecule has 2 aromatic heterocycles. The maximum Gasteiger partial charge on any atom is 0.306 e. The van der Waals surface area contributed by atoms with Crippen molar-refractivity contribution in [2.45, 2.75) is 19.8 Å². The van der Waals surface area contributed by atoms with E-state index >= 15 is 0 Å². The van der Waals surface area contributed by atoms with E-state index in [9.17, 15) is 9.59 Å². The number of rotatable bonds is 7. The van der Waals surface area contributed by atoms with Gasteiger partial charge in [0.05, 0.1) is 22.9 Å². The number of nitrogens with one attached hydrogen (secondary N) is 1. The van der Waals surface area contributed by atoms with Crippen molar-refractivity contribution >= 4 is 34.6 Å². The molecule has 0 spiro atoms. The zero-order valence-corrected chi connectivity index (χ0v) is 13.2. The van der Waals surface area contributed by atoms with Crippen LogP contribution in [0.3, 0.4) is 0 Å². The van der Waals surface area contributed by atoms with Gasteiger partial charge in [-0.15, -0.1) is 22.7 Å². The Hall–Kier alpha value is -1.73. The van der Waals surface area contributed by atoms with Gasteiger partial charge in [-0.05, 0) is 17.9 Å². The molecule has 2 rings (SSSR count). The first kappa shape index (κ1) is 15.7. The van der Waals surface area contributed by atoms with E-state index in [4.69, 9.17) is 5.11 Å². The summed E-state index contributed by atoms with van der Waals surface area (Å²) in [5.41, 5.74) is 0.743. The minimum atomic E-state index is -0.843. The second-order valence-electron chi connectivity index (χ2n) is 4.68. The lowest BCUT2D eigenvalue weighted by molar-refractivity contribution is -0.141. The molecule has 2 N–H and O–H groups in total. The van der Waals surface area contributed by atoms with Crippen LogP contribution in [0.1, 0.15) is 19.0 Å². The van der Waals surface area contributed by atoms with Crippen molar-refractivity contribution in [3.8, 4) is 9.88 Å². The van der Waals surface area contributed by atoms with Crippen LogP contribution in [0.15, 0.2) is 22.9 Å². The zero-order chi connectivity index (χ0) is 15.2. The molecular weight excluding hydrogens is 308 g/mol. The van der Waals surface area contributed by atoms with E-state index in [1.54, 1.807) is 18.3 Å². The Balaban J connectivity index is 1.79. The number of thiophene rings is 1. The number of carboxylic acid groups (broad SMARTS) is 1. The van der Waals surface area contributed by atoms with Crippen LogP contribution < -0.4 is 5.32 Å². The molecule has 0 aliphatic carbocycles. The standard InChI is InChI=1S/C14H16N2O3S2/c1-9(14(18)19)4-5-15-12(17)7-10-8-21-13(16-10)11-3-2-6-20-11/h2-3,6,8-9H,4-5,7H2,1H3,(H,15,17)(H,18,19). The third-order valence-electron chi connectivity index (χ3n) is 2.95. The number of carbonyl (C=O) groups is 2. The highest BCUT2D eigenvalue weighted by molar-refractivity contribution is 7.20. The SMILES string of the molecule is CC(CCNC(=O)Cc1csc(-c2cccs2)n1)C(=O)O. The van der Waals surface area contributed by atoms with Crippen molar-refractivity contribution in [1.29, 1.82) is 0 Å². The number of hydrogen-bond donors (Lipinski definition) is 2. The Labute approximate surface area is 130 Å². The minimum absolute atomic E-state index is 0.129. The van der Waals surface area contributed by atoms with Crippen LogP contribution in [0.5, 0.6) is 0 Å². The molecule has 0 aliphatic rings. The van der Waals surface area contributed by atoms with Crippen LogP contribution in [0.25, 0.3) is 9.88 Å². The number of carboxylic acids is 1. The number of nitrogens with zero attached hydrogens (tertiary/aromatic N) is 1. The maximum atomic E-state index is 11.8. The van der Waals surface area contributed by atoms with Gasteiger partial charge in [0.1, 0.15) is 5.01 Å². The summed E-state index contributed by atoms with van der Waals surface area (Å²) in [5.74, 6) is -1.42. The summed E-state index contributed by atoms with van der Waals surface area (Å²) >= 11 is 3.14. The third-order valence-corrected chi connectivity index (χ3v) is 4.88. The van der Waals surface area contributed by atoms with E-state index in [1.165, 1.54) is 11.3 Å². The van der Waals surface area contributed by atoms with Crippen LogP contribution in [-0.2, 0) is 16.0 Å². The Bertz CT molecular complexity index is 608. The van der Waals surface area contributed by atoms with Crippen molar-refractivity contribution < 1.29 is 14.7 Å². The highest BCUT2D eigenvalue weighted by Gasteiger charge is 2.12. The molecule has 0 radical (unpaired) electrons. The van der Waals surface area contributed by atoms with E-state index in [-0.39, 0.29) is 12.3 Å². The molecular formula is C14H16N2O3S2. The maximum absolute atomic E-state index is 11.8. The van der Waals surface area contributed by atoms with Gasteiger partial charge in [0.25, 0.3) is 0 Å². The topological polar surface area (TPSA) is 79.3 Å². The lowest BCUT2D eigenvalue weighted by Gasteiger charge is -2.07. The second-order valence-corrected chi connectivity index (χ2v) is 6.48. The first-order chi connectivity index (χ1) is 10.1.